The van der Waals surface area contributed by atoms with Crippen LogP contribution in [0, 0.1) is 9.39 Å². The summed E-state index contributed by atoms with van der Waals surface area (Å²) in [6, 6.07) is 19.9. The normalized spacial score (nSPS) is 12.9. The third-order valence-electron chi connectivity index (χ3n) is 6.10. The molecule has 0 aliphatic heterocycles. The molecule has 3 aromatic carbocycles. The monoisotopic (exact) mass is 688 g/mol. The molecule has 5 rings (SSSR count). The van der Waals surface area contributed by atoms with Gasteiger partial charge in [-0.1, -0.05) is 52.3 Å². The van der Waals surface area contributed by atoms with Gasteiger partial charge in [0.05, 0.1) is 9.13 Å². The Labute approximate surface area is 241 Å². The van der Waals surface area contributed by atoms with Gasteiger partial charge in [-0.15, -0.1) is 11.3 Å². The van der Waals surface area contributed by atoms with Gasteiger partial charge in [0.15, 0.2) is 0 Å². The first-order valence-corrected chi connectivity index (χ1v) is 14.6. The Morgan fingerprint density at radius 3 is 2.68 bits per heavy atom. The van der Waals surface area contributed by atoms with E-state index in [9.17, 15) is 9.18 Å². The maximum Gasteiger partial charge on any atom is 0.259 e. The Morgan fingerprint density at radius 2 is 1.86 bits per heavy atom. The van der Waals surface area contributed by atoms with Gasteiger partial charge in [0.1, 0.15) is 23.2 Å². The average molecular weight is 689 g/mol. The molecule has 188 valence electrons. The summed E-state index contributed by atoms with van der Waals surface area (Å²) in [6.07, 6.45) is 5.77. The summed E-state index contributed by atoms with van der Waals surface area (Å²) in [5.74, 6) is 0.174. The predicted octanol–water partition coefficient (Wildman–Crippen LogP) is 8.72. The number of carbonyl (C=O) groups is 1. The van der Waals surface area contributed by atoms with Crippen LogP contribution >= 0.6 is 49.9 Å². The van der Waals surface area contributed by atoms with E-state index in [1.54, 1.807) is 35.8 Å². The lowest BCUT2D eigenvalue weighted by Gasteiger charge is -2.13. The first-order valence-electron chi connectivity index (χ1n) is 11.9. The van der Waals surface area contributed by atoms with Crippen molar-refractivity contribution in [1.82, 2.24) is 0 Å². The number of halogens is 3. The van der Waals surface area contributed by atoms with E-state index in [0.717, 1.165) is 50.5 Å². The minimum absolute atomic E-state index is 0.100. The summed E-state index contributed by atoms with van der Waals surface area (Å²) in [6.45, 7) is 0.100. The van der Waals surface area contributed by atoms with Crippen molar-refractivity contribution in [1.29, 1.82) is 0 Å². The number of rotatable bonds is 7. The van der Waals surface area contributed by atoms with Gasteiger partial charge in [0.25, 0.3) is 5.91 Å². The number of anilines is 1. The van der Waals surface area contributed by atoms with Crippen LogP contribution in [0.4, 0.5) is 15.1 Å². The molecule has 1 aromatic heterocycles. The first kappa shape index (κ1) is 26.1. The number of carbonyl (C=O) groups excluding carboxylic acids is 1. The average Bonchev–Trinajstić information content (AvgIpc) is 3.27. The highest BCUT2D eigenvalue weighted by Crippen LogP contribution is 2.40. The van der Waals surface area contributed by atoms with E-state index in [1.807, 2.05) is 42.5 Å². The van der Waals surface area contributed by atoms with E-state index in [4.69, 9.17) is 9.73 Å². The number of para-hydroxylation sites is 1. The van der Waals surface area contributed by atoms with Crippen LogP contribution in [0.15, 0.2) is 76.2 Å². The second-order valence-corrected chi connectivity index (χ2v) is 11.8. The largest absolute Gasteiger partial charge is 0.487 e. The van der Waals surface area contributed by atoms with Gasteiger partial charge < -0.3 is 10.1 Å². The number of nitrogens with zero attached hydrogens (tertiary/aromatic N) is 1. The van der Waals surface area contributed by atoms with Crippen molar-refractivity contribution in [2.45, 2.75) is 32.3 Å². The number of amides is 1. The second-order valence-electron chi connectivity index (χ2n) is 8.66. The molecule has 0 unspecified atom stereocenters. The third-order valence-corrected chi connectivity index (χ3v) is 8.56. The molecule has 0 atom stereocenters. The molecule has 0 saturated heterocycles. The first-order chi connectivity index (χ1) is 18.0. The fraction of sp³-hybridized carbons (Fsp3) is 0.172. The molecule has 1 aliphatic carbocycles. The number of aliphatic imine (C=N–C) groups is 1. The SMILES string of the molecule is O=C(Nc1ccccc1)c1c(N=Cc2cc(Br)cc(I)c2OCc2ccccc2F)sc2c1CCCC2. The number of aryl methyl sites for hydroxylation is 1. The van der Waals surface area contributed by atoms with Crippen LogP contribution in [0.2, 0.25) is 0 Å². The van der Waals surface area contributed by atoms with Crippen molar-refractivity contribution >= 4 is 72.7 Å². The molecular formula is C29H23BrFIN2O2S. The number of nitrogens with one attached hydrogen (secondary N) is 1. The van der Waals surface area contributed by atoms with E-state index >= 15 is 0 Å². The molecular weight excluding hydrogens is 666 g/mol. The molecule has 37 heavy (non-hydrogen) atoms. The van der Waals surface area contributed by atoms with Crippen LogP contribution in [-0.2, 0) is 19.4 Å². The maximum absolute atomic E-state index is 14.2. The molecule has 0 spiro atoms. The Hall–Kier alpha value is -2.56. The van der Waals surface area contributed by atoms with Crippen molar-refractivity contribution in [3.8, 4) is 5.75 Å². The van der Waals surface area contributed by atoms with Crippen molar-refractivity contribution in [3.63, 3.8) is 0 Å². The van der Waals surface area contributed by atoms with Crippen molar-refractivity contribution in [2.75, 3.05) is 5.32 Å². The molecule has 1 heterocycles. The quantitative estimate of drug-likeness (QED) is 0.156. The molecule has 4 aromatic rings. The highest BCUT2D eigenvalue weighted by Gasteiger charge is 2.25. The third kappa shape index (κ3) is 6.13. The van der Waals surface area contributed by atoms with E-state index in [0.29, 0.717) is 21.9 Å². The smallest absolute Gasteiger partial charge is 0.259 e. The number of ether oxygens (including phenoxy) is 1. The number of thiophene rings is 1. The zero-order valence-electron chi connectivity index (χ0n) is 19.8. The molecule has 0 radical (unpaired) electrons. The van der Waals surface area contributed by atoms with Crippen LogP contribution in [0.5, 0.6) is 5.75 Å². The van der Waals surface area contributed by atoms with Gasteiger partial charge in [0, 0.05) is 32.4 Å². The predicted molar refractivity (Wildman–Crippen MR) is 160 cm³/mol. The van der Waals surface area contributed by atoms with Gasteiger partial charge in [-0.25, -0.2) is 9.38 Å². The molecule has 4 nitrogen and oxygen atoms in total. The molecule has 0 bridgehead atoms. The van der Waals surface area contributed by atoms with Gasteiger partial charge in [-0.3, -0.25) is 4.79 Å². The summed E-state index contributed by atoms with van der Waals surface area (Å²) < 4.78 is 22.0. The fourth-order valence-corrected chi connectivity index (χ4v) is 7.25. The number of hydrogen-bond donors (Lipinski definition) is 1. The van der Waals surface area contributed by atoms with E-state index < -0.39 is 0 Å². The maximum atomic E-state index is 14.2. The number of hydrogen-bond acceptors (Lipinski definition) is 4. The second kappa shape index (κ2) is 11.9. The van der Waals surface area contributed by atoms with Crippen LogP contribution in [0.1, 0.15) is 44.8 Å². The number of benzene rings is 3. The summed E-state index contributed by atoms with van der Waals surface area (Å²) in [7, 11) is 0. The molecule has 1 N–H and O–H groups in total. The molecule has 8 heteroatoms. The zero-order chi connectivity index (χ0) is 25.8. The van der Waals surface area contributed by atoms with Gasteiger partial charge >= 0.3 is 0 Å². The van der Waals surface area contributed by atoms with Crippen molar-refractivity contribution in [2.24, 2.45) is 4.99 Å². The van der Waals surface area contributed by atoms with Crippen LogP contribution in [-0.4, -0.2) is 12.1 Å². The Bertz CT molecular complexity index is 1470. The van der Waals surface area contributed by atoms with Gasteiger partial charge in [0.2, 0.25) is 0 Å². The topological polar surface area (TPSA) is 50.7 Å². The van der Waals surface area contributed by atoms with Gasteiger partial charge in [-0.05, 0) is 84.2 Å². The highest BCUT2D eigenvalue weighted by molar-refractivity contribution is 14.1. The lowest BCUT2D eigenvalue weighted by atomic mass is 9.95. The summed E-state index contributed by atoms with van der Waals surface area (Å²) in [4.78, 5) is 19.4. The van der Waals surface area contributed by atoms with E-state index in [-0.39, 0.29) is 18.3 Å². The summed E-state index contributed by atoms with van der Waals surface area (Å²) in [5.41, 5.74) is 3.74. The summed E-state index contributed by atoms with van der Waals surface area (Å²) >= 11 is 7.35. The highest BCUT2D eigenvalue weighted by atomic mass is 127. The Kier molecular flexibility index (Phi) is 8.36. The minimum atomic E-state index is -0.303. The zero-order valence-corrected chi connectivity index (χ0v) is 24.3. The van der Waals surface area contributed by atoms with Crippen LogP contribution in [0.3, 0.4) is 0 Å². The number of fused-ring (bicyclic) bond motifs is 1. The lowest BCUT2D eigenvalue weighted by Crippen LogP contribution is -2.14. The van der Waals surface area contributed by atoms with Crippen LogP contribution in [0.25, 0.3) is 0 Å². The van der Waals surface area contributed by atoms with Crippen molar-refractivity contribution in [3.05, 3.63) is 108 Å². The lowest BCUT2D eigenvalue weighted by molar-refractivity contribution is 0.102. The van der Waals surface area contributed by atoms with Gasteiger partial charge in [-0.2, -0.15) is 0 Å². The Morgan fingerprint density at radius 1 is 1.11 bits per heavy atom. The fourth-order valence-electron chi connectivity index (χ4n) is 4.31. The van der Waals surface area contributed by atoms with Crippen molar-refractivity contribution < 1.29 is 13.9 Å². The Balaban J connectivity index is 1.48. The van der Waals surface area contributed by atoms with E-state index in [1.165, 1.54) is 10.9 Å². The molecule has 0 fully saturated rings. The minimum Gasteiger partial charge on any atom is -0.487 e. The standard InChI is InChI=1S/C29H23BrFIN2O2S/c30-20-14-19(27(24(32)15-20)36-17-18-8-4-6-12-23(18)31)16-33-29-26(22-11-5-7-13-25(22)37-29)28(35)34-21-9-2-1-3-10-21/h1-4,6,8-10,12,14-16H,5,7,11,13,17H2,(H,34,35). The molecule has 0 saturated carbocycles. The molecule has 1 amide bonds. The van der Waals surface area contributed by atoms with Crippen LogP contribution < -0.4 is 10.1 Å². The van der Waals surface area contributed by atoms with E-state index in [2.05, 4.69) is 43.8 Å². The molecule has 1 aliphatic rings. The summed E-state index contributed by atoms with van der Waals surface area (Å²) in [5, 5.41) is 3.72.